The molecule has 1 N–H and O–H groups in total. The summed E-state index contributed by atoms with van der Waals surface area (Å²) in [5, 5.41) is 1.24. The van der Waals surface area contributed by atoms with Crippen LogP contribution in [0.4, 0.5) is 0 Å². The maximum Gasteiger partial charge on any atom is 0.233 e. The van der Waals surface area contributed by atoms with E-state index in [4.69, 9.17) is 4.74 Å². The first-order chi connectivity index (χ1) is 12.6. The second-order valence-electron chi connectivity index (χ2n) is 6.29. The fourth-order valence-electron chi connectivity index (χ4n) is 2.81. The van der Waals surface area contributed by atoms with E-state index >= 15 is 0 Å². The standard InChI is InChI=1S/C20H23NO3S2/c22-26(23,16-11-18-7-3-1-4-8-18)21-17-20(12-14-24-15-13-20)25-19-9-5-2-6-10-19/h1-11,16,21H,12-15,17H2. The second kappa shape index (κ2) is 8.86. The summed E-state index contributed by atoms with van der Waals surface area (Å²) in [5.41, 5.74) is 0.859. The van der Waals surface area contributed by atoms with Gasteiger partial charge in [0.05, 0.1) is 0 Å². The van der Waals surface area contributed by atoms with Gasteiger partial charge in [-0.15, -0.1) is 11.8 Å². The van der Waals surface area contributed by atoms with Crippen LogP contribution in [-0.4, -0.2) is 32.9 Å². The molecule has 0 spiro atoms. The third-order valence-corrected chi connectivity index (χ3v) is 6.85. The lowest BCUT2D eigenvalue weighted by atomic mass is 9.99. The smallest absolute Gasteiger partial charge is 0.233 e. The molecule has 6 heteroatoms. The predicted octanol–water partition coefficient (Wildman–Crippen LogP) is 3.92. The van der Waals surface area contributed by atoms with E-state index in [1.54, 1.807) is 17.8 Å². The van der Waals surface area contributed by atoms with E-state index < -0.39 is 10.0 Å². The normalized spacial score (nSPS) is 17.4. The van der Waals surface area contributed by atoms with Crippen molar-refractivity contribution in [2.24, 2.45) is 0 Å². The van der Waals surface area contributed by atoms with E-state index in [9.17, 15) is 8.42 Å². The zero-order valence-electron chi connectivity index (χ0n) is 14.5. The molecule has 1 saturated heterocycles. The largest absolute Gasteiger partial charge is 0.381 e. The van der Waals surface area contributed by atoms with Crippen molar-refractivity contribution in [2.75, 3.05) is 19.8 Å². The van der Waals surface area contributed by atoms with Crippen LogP contribution in [0.1, 0.15) is 18.4 Å². The van der Waals surface area contributed by atoms with Crippen molar-refractivity contribution in [3.05, 3.63) is 71.6 Å². The minimum atomic E-state index is -3.49. The zero-order chi connectivity index (χ0) is 18.3. The molecule has 3 rings (SSSR count). The summed E-state index contributed by atoms with van der Waals surface area (Å²) in [6.45, 7) is 1.69. The lowest BCUT2D eigenvalue weighted by Gasteiger charge is -2.36. The molecule has 138 valence electrons. The van der Waals surface area contributed by atoms with Crippen LogP contribution >= 0.6 is 11.8 Å². The van der Waals surface area contributed by atoms with Crippen molar-refractivity contribution in [2.45, 2.75) is 22.5 Å². The highest BCUT2D eigenvalue weighted by Crippen LogP contribution is 2.40. The van der Waals surface area contributed by atoms with Gasteiger partial charge in [0.1, 0.15) is 0 Å². The van der Waals surface area contributed by atoms with Crippen LogP contribution in [0.3, 0.4) is 0 Å². The summed E-state index contributed by atoms with van der Waals surface area (Å²) in [7, 11) is -3.49. The van der Waals surface area contributed by atoms with Crippen LogP contribution in [0.25, 0.3) is 6.08 Å². The Morgan fingerprint density at radius 1 is 1.00 bits per heavy atom. The SMILES string of the molecule is O=S(=O)(C=Cc1ccccc1)NCC1(Sc2ccccc2)CCOCC1. The number of hydrogen-bond acceptors (Lipinski definition) is 4. The molecule has 2 aromatic rings. The summed E-state index contributed by atoms with van der Waals surface area (Å²) in [4.78, 5) is 1.15. The Bertz CT molecular complexity index is 815. The Balaban J connectivity index is 1.68. The molecule has 0 unspecified atom stereocenters. The lowest BCUT2D eigenvalue weighted by Crippen LogP contribution is -2.43. The van der Waals surface area contributed by atoms with E-state index in [0.717, 1.165) is 23.3 Å². The number of ether oxygens (including phenoxy) is 1. The molecule has 4 nitrogen and oxygen atoms in total. The average molecular weight is 390 g/mol. The second-order valence-corrected chi connectivity index (χ2v) is 9.48. The molecule has 26 heavy (non-hydrogen) atoms. The van der Waals surface area contributed by atoms with Crippen LogP contribution in [0.5, 0.6) is 0 Å². The molecule has 1 heterocycles. The average Bonchev–Trinajstić information content (AvgIpc) is 2.68. The van der Waals surface area contributed by atoms with Crippen molar-refractivity contribution in [3.63, 3.8) is 0 Å². The molecule has 2 aromatic carbocycles. The molecule has 0 saturated carbocycles. The highest BCUT2D eigenvalue weighted by atomic mass is 32.2. The van der Waals surface area contributed by atoms with Gasteiger partial charge in [-0.1, -0.05) is 48.5 Å². The van der Waals surface area contributed by atoms with E-state index in [2.05, 4.69) is 16.9 Å². The van der Waals surface area contributed by atoms with Gasteiger partial charge in [-0.2, -0.15) is 0 Å². The van der Waals surface area contributed by atoms with Crippen molar-refractivity contribution in [1.82, 2.24) is 4.72 Å². The minimum absolute atomic E-state index is 0.187. The Hall–Kier alpha value is -1.60. The van der Waals surface area contributed by atoms with Gasteiger partial charge < -0.3 is 4.74 Å². The first-order valence-corrected chi connectivity index (χ1v) is 11.0. The number of sulfonamides is 1. The van der Waals surface area contributed by atoms with Crippen LogP contribution in [0.2, 0.25) is 0 Å². The molecule has 0 bridgehead atoms. The predicted molar refractivity (Wildman–Crippen MR) is 107 cm³/mol. The van der Waals surface area contributed by atoms with Crippen molar-refractivity contribution in [3.8, 4) is 0 Å². The fraction of sp³-hybridized carbons (Fsp3) is 0.300. The Morgan fingerprint density at radius 3 is 2.27 bits per heavy atom. The van der Waals surface area contributed by atoms with E-state index in [-0.39, 0.29) is 4.75 Å². The number of thioether (sulfide) groups is 1. The molecule has 1 aliphatic rings. The molecule has 1 fully saturated rings. The van der Waals surface area contributed by atoms with Crippen LogP contribution in [-0.2, 0) is 14.8 Å². The summed E-state index contributed by atoms with van der Waals surface area (Å²) in [5.74, 6) is 0. The van der Waals surface area contributed by atoms with E-state index in [1.807, 2.05) is 48.5 Å². The van der Waals surface area contributed by atoms with Gasteiger partial charge in [0.25, 0.3) is 0 Å². The van der Waals surface area contributed by atoms with Crippen LogP contribution in [0.15, 0.2) is 71.0 Å². The molecular weight excluding hydrogens is 366 g/mol. The Kier molecular flexibility index (Phi) is 6.53. The molecule has 0 aromatic heterocycles. The fourth-order valence-corrected chi connectivity index (χ4v) is 5.12. The number of nitrogens with one attached hydrogen (secondary N) is 1. The molecule has 0 radical (unpaired) electrons. The van der Waals surface area contributed by atoms with Gasteiger partial charge in [0.15, 0.2) is 0 Å². The molecular formula is C20H23NO3S2. The summed E-state index contributed by atoms with van der Waals surface area (Å²) in [6, 6.07) is 19.5. The number of hydrogen-bond donors (Lipinski definition) is 1. The Morgan fingerprint density at radius 2 is 1.62 bits per heavy atom. The van der Waals surface area contributed by atoms with Gasteiger partial charge in [-0.3, -0.25) is 0 Å². The van der Waals surface area contributed by atoms with Crippen molar-refractivity contribution >= 4 is 27.9 Å². The maximum absolute atomic E-state index is 12.4. The maximum atomic E-state index is 12.4. The lowest BCUT2D eigenvalue weighted by molar-refractivity contribution is 0.0784. The first-order valence-electron chi connectivity index (χ1n) is 8.62. The first kappa shape index (κ1) is 19.2. The molecule has 0 atom stereocenters. The number of rotatable bonds is 7. The third-order valence-electron chi connectivity index (χ3n) is 4.32. The van der Waals surface area contributed by atoms with Gasteiger partial charge in [-0.25, -0.2) is 13.1 Å². The number of benzene rings is 2. The quantitative estimate of drug-likeness (QED) is 0.780. The molecule has 1 aliphatic heterocycles. The summed E-state index contributed by atoms with van der Waals surface area (Å²) in [6.07, 6.45) is 3.25. The molecule has 0 aliphatic carbocycles. The third kappa shape index (κ3) is 5.71. The zero-order valence-corrected chi connectivity index (χ0v) is 16.1. The monoisotopic (exact) mass is 389 g/mol. The molecule has 0 amide bonds. The highest BCUT2D eigenvalue weighted by Gasteiger charge is 2.34. The van der Waals surface area contributed by atoms with Gasteiger partial charge in [-0.05, 0) is 36.6 Å². The van der Waals surface area contributed by atoms with Gasteiger partial charge >= 0.3 is 0 Å². The highest BCUT2D eigenvalue weighted by molar-refractivity contribution is 8.00. The minimum Gasteiger partial charge on any atom is -0.381 e. The van der Waals surface area contributed by atoms with Crippen molar-refractivity contribution in [1.29, 1.82) is 0 Å². The van der Waals surface area contributed by atoms with Crippen molar-refractivity contribution < 1.29 is 13.2 Å². The summed E-state index contributed by atoms with van der Waals surface area (Å²) < 4.78 is 32.9. The summed E-state index contributed by atoms with van der Waals surface area (Å²) >= 11 is 1.74. The van der Waals surface area contributed by atoms with E-state index in [0.29, 0.717) is 19.8 Å². The van der Waals surface area contributed by atoms with Gasteiger partial charge in [0, 0.05) is 34.8 Å². The van der Waals surface area contributed by atoms with E-state index in [1.165, 1.54) is 5.41 Å². The van der Waals surface area contributed by atoms with Crippen LogP contribution in [0, 0.1) is 0 Å². The van der Waals surface area contributed by atoms with Crippen LogP contribution < -0.4 is 4.72 Å². The topological polar surface area (TPSA) is 55.4 Å². The van der Waals surface area contributed by atoms with Gasteiger partial charge in [0.2, 0.25) is 10.0 Å². The Labute approximate surface area is 159 Å².